The van der Waals surface area contributed by atoms with Gasteiger partial charge in [0.1, 0.15) is 0 Å². The Bertz CT molecular complexity index is 540. The molecule has 6 heteroatoms. The van der Waals surface area contributed by atoms with Crippen molar-refractivity contribution in [3.8, 4) is 0 Å². The van der Waals surface area contributed by atoms with Gasteiger partial charge < -0.3 is 15.3 Å². The summed E-state index contributed by atoms with van der Waals surface area (Å²) in [4.78, 5) is 18.7. The number of hydrogen-bond acceptors (Lipinski definition) is 5. The topological polar surface area (TPSA) is 65.5 Å². The number of aromatic nitrogens is 1. The number of aliphatic hydroxyl groups is 1. The van der Waals surface area contributed by atoms with Crippen LogP contribution in [0.2, 0.25) is 0 Å². The highest BCUT2D eigenvalue weighted by Crippen LogP contribution is 2.25. The van der Waals surface area contributed by atoms with E-state index in [1.54, 1.807) is 13.8 Å². The van der Waals surface area contributed by atoms with Crippen molar-refractivity contribution in [2.75, 3.05) is 19.6 Å². The summed E-state index contributed by atoms with van der Waals surface area (Å²) in [7, 11) is 0. The molecule has 0 radical (unpaired) electrons. The second-order valence-corrected chi connectivity index (χ2v) is 7.51. The van der Waals surface area contributed by atoms with Gasteiger partial charge in [-0.3, -0.25) is 4.79 Å². The van der Waals surface area contributed by atoms with Crippen molar-refractivity contribution in [1.82, 2.24) is 15.2 Å². The van der Waals surface area contributed by atoms with Crippen LogP contribution in [0.4, 0.5) is 0 Å². The SMILES string of the molecule is C=C(c1csc(C(=O)NCC(C)(C)O)n1)N1CCC(C)CC1. The molecule has 1 aromatic heterocycles. The summed E-state index contributed by atoms with van der Waals surface area (Å²) in [5.74, 6) is 0.515. The maximum atomic E-state index is 12.0. The normalized spacial score (nSPS) is 16.6. The highest BCUT2D eigenvalue weighted by atomic mass is 32.1. The van der Waals surface area contributed by atoms with E-state index in [-0.39, 0.29) is 12.5 Å². The largest absolute Gasteiger partial charge is 0.389 e. The number of thiazole rings is 1. The van der Waals surface area contributed by atoms with Crippen LogP contribution in [0.15, 0.2) is 12.0 Å². The first-order valence-electron chi connectivity index (χ1n) is 7.66. The lowest BCUT2D eigenvalue weighted by Gasteiger charge is -2.32. The Morgan fingerprint density at radius 2 is 2.18 bits per heavy atom. The smallest absolute Gasteiger partial charge is 0.280 e. The molecule has 5 nitrogen and oxygen atoms in total. The van der Waals surface area contributed by atoms with E-state index in [0.717, 1.165) is 30.4 Å². The van der Waals surface area contributed by atoms with Gasteiger partial charge in [0.2, 0.25) is 0 Å². The van der Waals surface area contributed by atoms with Crippen molar-refractivity contribution in [3.63, 3.8) is 0 Å². The van der Waals surface area contributed by atoms with Crippen molar-refractivity contribution < 1.29 is 9.90 Å². The van der Waals surface area contributed by atoms with E-state index in [9.17, 15) is 9.90 Å². The number of likely N-dealkylation sites (tertiary alicyclic amines) is 1. The third kappa shape index (κ3) is 4.55. The van der Waals surface area contributed by atoms with Crippen LogP contribution in [-0.4, -0.2) is 46.1 Å². The summed E-state index contributed by atoms with van der Waals surface area (Å²) in [6.45, 7) is 11.9. The van der Waals surface area contributed by atoms with Crippen LogP contribution < -0.4 is 5.32 Å². The minimum atomic E-state index is -0.927. The Kier molecular flexibility index (Phi) is 5.24. The lowest BCUT2D eigenvalue weighted by atomic mass is 9.99. The van der Waals surface area contributed by atoms with Gasteiger partial charge in [-0.2, -0.15) is 0 Å². The Morgan fingerprint density at radius 1 is 1.55 bits per heavy atom. The van der Waals surface area contributed by atoms with Gasteiger partial charge in [0.25, 0.3) is 5.91 Å². The van der Waals surface area contributed by atoms with Gasteiger partial charge in [-0.25, -0.2) is 4.98 Å². The zero-order chi connectivity index (χ0) is 16.3. The lowest BCUT2D eigenvalue weighted by Crippen LogP contribution is -2.38. The van der Waals surface area contributed by atoms with Gasteiger partial charge in [-0.05, 0) is 32.6 Å². The molecular weight excluding hydrogens is 298 g/mol. The summed E-state index contributed by atoms with van der Waals surface area (Å²) >= 11 is 1.31. The first kappa shape index (κ1) is 17.0. The first-order chi connectivity index (χ1) is 10.3. The predicted molar refractivity (Wildman–Crippen MR) is 89.8 cm³/mol. The second kappa shape index (κ2) is 6.79. The Labute approximate surface area is 136 Å². The van der Waals surface area contributed by atoms with Crippen LogP contribution in [-0.2, 0) is 0 Å². The average Bonchev–Trinajstić information content (AvgIpc) is 2.94. The number of amides is 1. The molecule has 1 aliphatic heterocycles. The molecule has 0 saturated carbocycles. The Morgan fingerprint density at radius 3 is 2.77 bits per heavy atom. The fourth-order valence-electron chi connectivity index (χ4n) is 2.32. The summed E-state index contributed by atoms with van der Waals surface area (Å²) in [6, 6.07) is 0. The van der Waals surface area contributed by atoms with Crippen molar-refractivity contribution in [2.24, 2.45) is 5.92 Å². The molecule has 0 spiro atoms. The number of hydrogen-bond donors (Lipinski definition) is 2. The molecule has 1 aliphatic rings. The molecule has 2 rings (SSSR count). The van der Waals surface area contributed by atoms with Gasteiger partial charge in [0.05, 0.1) is 17.0 Å². The predicted octanol–water partition coefficient (Wildman–Crippen LogP) is 2.35. The Hall–Kier alpha value is -1.40. The van der Waals surface area contributed by atoms with E-state index in [0.29, 0.717) is 5.01 Å². The van der Waals surface area contributed by atoms with Crippen LogP contribution >= 0.6 is 11.3 Å². The molecule has 1 amide bonds. The lowest BCUT2D eigenvalue weighted by molar-refractivity contribution is 0.0694. The molecule has 1 fully saturated rings. The summed E-state index contributed by atoms with van der Waals surface area (Å²) in [5.41, 5.74) is 0.738. The van der Waals surface area contributed by atoms with Gasteiger partial charge in [0.15, 0.2) is 5.01 Å². The molecule has 0 unspecified atom stereocenters. The van der Waals surface area contributed by atoms with E-state index < -0.39 is 5.60 Å². The Balaban J connectivity index is 1.96. The maximum absolute atomic E-state index is 12.0. The van der Waals surface area contributed by atoms with Crippen LogP contribution in [0.5, 0.6) is 0 Å². The van der Waals surface area contributed by atoms with Gasteiger partial charge in [-0.1, -0.05) is 13.5 Å². The number of carbonyl (C=O) groups excluding carboxylic acids is 1. The molecule has 122 valence electrons. The zero-order valence-electron chi connectivity index (χ0n) is 13.6. The number of nitrogens with one attached hydrogen (secondary N) is 1. The van der Waals surface area contributed by atoms with Crippen molar-refractivity contribution in [3.05, 3.63) is 22.7 Å². The van der Waals surface area contributed by atoms with Crippen molar-refractivity contribution >= 4 is 22.9 Å². The highest BCUT2D eigenvalue weighted by molar-refractivity contribution is 7.11. The number of carbonyl (C=O) groups is 1. The van der Waals surface area contributed by atoms with Crippen LogP contribution in [0, 0.1) is 5.92 Å². The molecule has 1 aromatic rings. The quantitative estimate of drug-likeness (QED) is 0.873. The third-order valence-electron chi connectivity index (χ3n) is 3.84. The fourth-order valence-corrected chi connectivity index (χ4v) is 3.07. The molecule has 2 N–H and O–H groups in total. The van der Waals surface area contributed by atoms with Crippen LogP contribution in [0.25, 0.3) is 5.70 Å². The molecule has 0 aliphatic carbocycles. The molecular formula is C16H25N3O2S. The second-order valence-electron chi connectivity index (χ2n) is 6.65. The zero-order valence-corrected chi connectivity index (χ0v) is 14.4. The average molecular weight is 323 g/mol. The van der Waals surface area contributed by atoms with Crippen LogP contribution in [0.1, 0.15) is 49.1 Å². The van der Waals surface area contributed by atoms with E-state index >= 15 is 0 Å². The van der Waals surface area contributed by atoms with E-state index in [2.05, 4.69) is 28.7 Å². The monoisotopic (exact) mass is 323 g/mol. The molecule has 0 bridgehead atoms. The third-order valence-corrected chi connectivity index (χ3v) is 4.68. The summed E-state index contributed by atoms with van der Waals surface area (Å²) < 4.78 is 0. The first-order valence-corrected chi connectivity index (χ1v) is 8.54. The number of piperidine rings is 1. The molecule has 0 atom stereocenters. The van der Waals surface area contributed by atoms with Crippen molar-refractivity contribution in [2.45, 2.75) is 39.2 Å². The minimum Gasteiger partial charge on any atom is -0.389 e. The maximum Gasteiger partial charge on any atom is 0.280 e. The summed E-state index contributed by atoms with van der Waals surface area (Å²) in [5, 5.41) is 14.6. The fraction of sp³-hybridized carbons (Fsp3) is 0.625. The molecule has 1 saturated heterocycles. The minimum absolute atomic E-state index is 0.200. The van der Waals surface area contributed by atoms with Gasteiger partial charge in [-0.15, -0.1) is 11.3 Å². The molecule has 0 aromatic carbocycles. The number of rotatable bonds is 5. The van der Waals surface area contributed by atoms with Gasteiger partial charge >= 0.3 is 0 Å². The van der Waals surface area contributed by atoms with Crippen molar-refractivity contribution in [1.29, 1.82) is 0 Å². The number of nitrogens with zero attached hydrogens (tertiary/aromatic N) is 2. The summed E-state index contributed by atoms with van der Waals surface area (Å²) in [6.07, 6.45) is 2.34. The van der Waals surface area contributed by atoms with Gasteiger partial charge in [0, 0.05) is 25.0 Å². The van der Waals surface area contributed by atoms with E-state index in [4.69, 9.17) is 0 Å². The van der Waals surface area contributed by atoms with Crippen LogP contribution in [0.3, 0.4) is 0 Å². The molecule has 22 heavy (non-hydrogen) atoms. The standard InChI is InChI=1S/C16H25N3O2S/c1-11-5-7-19(8-6-11)12(2)13-9-22-15(18-13)14(20)17-10-16(3,4)21/h9,11,21H,2,5-8,10H2,1,3-4H3,(H,17,20). The van der Waals surface area contributed by atoms with E-state index in [1.165, 1.54) is 24.2 Å². The molecule has 2 heterocycles. The highest BCUT2D eigenvalue weighted by Gasteiger charge is 2.21. The van der Waals surface area contributed by atoms with E-state index in [1.807, 2.05) is 5.38 Å².